The number of nitrogens with zero attached hydrogens (tertiary/aromatic N) is 1. The van der Waals surface area contributed by atoms with E-state index in [4.69, 9.17) is 0 Å². The van der Waals surface area contributed by atoms with Gasteiger partial charge < -0.3 is 10.4 Å². The summed E-state index contributed by atoms with van der Waals surface area (Å²) in [5, 5.41) is 12.5. The molecular formula is C14H24N2O3S. The number of nitrogens with one attached hydrogen (secondary N) is 1. The van der Waals surface area contributed by atoms with Crippen LogP contribution in [-0.2, 0) is 10.0 Å². The maximum absolute atomic E-state index is 11.9. The van der Waals surface area contributed by atoms with Crippen LogP contribution < -0.4 is 5.32 Å². The van der Waals surface area contributed by atoms with Crippen LogP contribution in [0.2, 0.25) is 0 Å². The highest BCUT2D eigenvalue weighted by Gasteiger charge is 2.17. The van der Waals surface area contributed by atoms with Crippen LogP contribution in [0.15, 0.2) is 29.2 Å². The van der Waals surface area contributed by atoms with Crippen molar-refractivity contribution in [2.24, 2.45) is 5.92 Å². The molecule has 20 heavy (non-hydrogen) atoms. The molecule has 0 bridgehead atoms. The molecule has 1 aromatic carbocycles. The first-order chi connectivity index (χ1) is 9.27. The molecule has 0 saturated heterocycles. The van der Waals surface area contributed by atoms with Crippen molar-refractivity contribution in [2.45, 2.75) is 31.2 Å². The highest BCUT2D eigenvalue weighted by molar-refractivity contribution is 7.89. The van der Waals surface area contributed by atoms with Crippen molar-refractivity contribution in [1.82, 2.24) is 4.31 Å². The fourth-order valence-electron chi connectivity index (χ4n) is 1.92. The summed E-state index contributed by atoms with van der Waals surface area (Å²) in [5.74, 6) is 0.480. The molecule has 1 atom stereocenters. The van der Waals surface area contributed by atoms with Crippen LogP contribution in [0, 0.1) is 5.92 Å². The van der Waals surface area contributed by atoms with E-state index in [1.807, 2.05) is 0 Å². The van der Waals surface area contributed by atoms with Crippen LogP contribution >= 0.6 is 0 Å². The summed E-state index contributed by atoms with van der Waals surface area (Å²) in [4.78, 5) is 0.262. The van der Waals surface area contributed by atoms with Crippen LogP contribution in [0.1, 0.15) is 20.3 Å². The van der Waals surface area contributed by atoms with Gasteiger partial charge in [0.15, 0.2) is 0 Å². The molecule has 5 nitrogen and oxygen atoms in total. The van der Waals surface area contributed by atoms with Gasteiger partial charge in [0.05, 0.1) is 11.5 Å². The molecule has 0 aliphatic carbocycles. The summed E-state index contributed by atoms with van der Waals surface area (Å²) in [6.07, 6.45) is 0.855. The highest BCUT2D eigenvalue weighted by Crippen LogP contribution is 2.18. The summed E-state index contributed by atoms with van der Waals surface area (Å²) in [7, 11) is -0.379. The lowest BCUT2D eigenvalue weighted by Crippen LogP contribution is -2.25. The number of aliphatic hydroxyl groups excluding tert-OH is 1. The lowest BCUT2D eigenvalue weighted by molar-refractivity contribution is 0.259. The van der Waals surface area contributed by atoms with Crippen molar-refractivity contribution >= 4 is 15.7 Å². The fraction of sp³-hybridized carbons (Fsp3) is 0.571. The Morgan fingerprint density at radius 3 is 2.15 bits per heavy atom. The van der Waals surface area contributed by atoms with Crippen molar-refractivity contribution in [2.75, 3.05) is 26.0 Å². The second-order valence-electron chi connectivity index (χ2n) is 5.47. The first-order valence-electron chi connectivity index (χ1n) is 6.67. The Morgan fingerprint density at radius 1 is 1.20 bits per heavy atom. The van der Waals surface area contributed by atoms with Gasteiger partial charge >= 0.3 is 0 Å². The third-order valence-electron chi connectivity index (χ3n) is 2.98. The van der Waals surface area contributed by atoms with Crippen molar-refractivity contribution < 1.29 is 13.5 Å². The van der Waals surface area contributed by atoms with Crippen LogP contribution in [0.25, 0.3) is 0 Å². The van der Waals surface area contributed by atoms with E-state index in [0.717, 1.165) is 12.1 Å². The van der Waals surface area contributed by atoms with Gasteiger partial charge in [0.25, 0.3) is 0 Å². The summed E-state index contributed by atoms with van der Waals surface area (Å²) < 4.78 is 25.1. The standard InChI is InChI=1S/C14H24N2O3S/c1-11(2)9-13(10-17)15-12-5-7-14(8-6-12)20(18,19)16(3)4/h5-8,11,13,15,17H,9-10H2,1-4H3. The van der Waals surface area contributed by atoms with Crippen molar-refractivity contribution in [3.8, 4) is 0 Å². The Labute approximate surface area is 121 Å². The van der Waals surface area contributed by atoms with Crippen molar-refractivity contribution in [1.29, 1.82) is 0 Å². The van der Waals surface area contributed by atoms with Gasteiger partial charge in [-0.2, -0.15) is 0 Å². The minimum absolute atomic E-state index is 0.0219. The third-order valence-corrected chi connectivity index (χ3v) is 4.81. The predicted octanol–water partition coefficient (Wildman–Crippen LogP) is 1.76. The SMILES string of the molecule is CC(C)CC(CO)Nc1ccc(S(=O)(=O)N(C)C)cc1. The van der Waals surface area contributed by atoms with E-state index in [1.165, 1.54) is 18.4 Å². The number of anilines is 1. The highest BCUT2D eigenvalue weighted by atomic mass is 32.2. The molecule has 0 aliphatic heterocycles. The van der Waals surface area contributed by atoms with Gasteiger partial charge in [0.2, 0.25) is 10.0 Å². The first kappa shape index (κ1) is 16.9. The van der Waals surface area contributed by atoms with E-state index < -0.39 is 10.0 Å². The number of sulfonamides is 1. The molecular weight excluding hydrogens is 276 g/mol. The third kappa shape index (κ3) is 4.47. The maximum atomic E-state index is 11.9. The molecule has 114 valence electrons. The number of hydrogen-bond acceptors (Lipinski definition) is 4. The Kier molecular flexibility index (Phi) is 5.98. The zero-order chi connectivity index (χ0) is 15.3. The topological polar surface area (TPSA) is 69.6 Å². The minimum Gasteiger partial charge on any atom is -0.394 e. The number of aliphatic hydroxyl groups is 1. The summed E-state index contributed by atoms with van der Waals surface area (Å²) in [6, 6.07) is 6.56. The first-order valence-corrected chi connectivity index (χ1v) is 8.11. The van der Waals surface area contributed by atoms with Crippen LogP contribution in [0.4, 0.5) is 5.69 Å². The molecule has 0 aliphatic rings. The van der Waals surface area contributed by atoms with E-state index in [2.05, 4.69) is 19.2 Å². The van der Waals surface area contributed by atoms with Crippen LogP contribution in [0.5, 0.6) is 0 Å². The fourth-order valence-corrected chi connectivity index (χ4v) is 2.82. The van der Waals surface area contributed by atoms with E-state index in [1.54, 1.807) is 24.3 Å². The van der Waals surface area contributed by atoms with E-state index in [-0.39, 0.29) is 17.5 Å². The molecule has 0 heterocycles. The van der Waals surface area contributed by atoms with Gasteiger partial charge in [0.1, 0.15) is 0 Å². The number of hydrogen-bond donors (Lipinski definition) is 2. The van der Waals surface area contributed by atoms with Gasteiger partial charge in [0, 0.05) is 25.8 Å². The second kappa shape index (κ2) is 7.06. The van der Waals surface area contributed by atoms with Gasteiger partial charge in [-0.05, 0) is 36.6 Å². The summed E-state index contributed by atoms with van der Waals surface area (Å²) in [6.45, 7) is 4.24. The number of rotatable bonds is 7. The molecule has 1 rings (SSSR count). The molecule has 0 radical (unpaired) electrons. The minimum atomic E-state index is -3.39. The Balaban J connectivity index is 2.81. The van der Waals surface area contributed by atoms with Gasteiger partial charge in [-0.25, -0.2) is 12.7 Å². The average molecular weight is 300 g/mol. The lowest BCUT2D eigenvalue weighted by atomic mass is 10.0. The molecule has 0 amide bonds. The summed E-state index contributed by atoms with van der Waals surface area (Å²) in [5.41, 5.74) is 0.808. The molecule has 0 aromatic heterocycles. The molecule has 1 unspecified atom stereocenters. The predicted molar refractivity (Wildman–Crippen MR) is 81.3 cm³/mol. The van der Waals surface area contributed by atoms with Crippen molar-refractivity contribution in [3.05, 3.63) is 24.3 Å². The smallest absolute Gasteiger partial charge is 0.242 e. The molecule has 0 saturated carbocycles. The normalized spacial score (nSPS) is 13.8. The molecule has 0 fully saturated rings. The van der Waals surface area contributed by atoms with Crippen LogP contribution in [-0.4, -0.2) is 44.6 Å². The van der Waals surface area contributed by atoms with E-state index in [0.29, 0.717) is 5.92 Å². The zero-order valence-corrected chi connectivity index (χ0v) is 13.3. The monoisotopic (exact) mass is 300 g/mol. The molecule has 6 heteroatoms. The number of benzene rings is 1. The molecule has 2 N–H and O–H groups in total. The second-order valence-corrected chi connectivity index (χ2v) is 7.62. The van der Waals surface area contributed by atoms with E-state index >= 15 is 0 Å². The van der Waals surface area contributed by atoms with Crippen molar-refractivity contribution in [3.63, 3.8) is 0 Å². The Hall–Kier alpha value is -1.11. The largest absolute Gasteiger partial charge is 0.394 e. The maximum Gasteiger partial charge on any atom is 0.242 e. The summed E-state index contributed by atoms with van der Waals surface area (Å²) >= 11 is 0. The Bertz CT molecular complexity index is 510. The van der Waals surface area contributed by atoms with E-state index in [9.17, 15) is 13.5 Å². The van der Waals surface area contributed by atoms with Gasteiger partial charge in [-0.1, -0.05) is 13.8 Å². The van der Waals surface area contributed by atoms with Gasteiger partial charge in [-0.15, -0.1) is 0 Å². The lowest BCUT2D eigenvalue weighted by Gasteiger charge is -2.20. The average Bonchev–Trinajstić information content (AvgIpc) is 2.37. The molecule has 0 spiro atoms. The van der Waals surface area contributed by atoms with Gasteiger partial charge in [-0.3, -0.25) is 0 Å². The zero-order valence-electron chi connectivity index (χ0n) is 12.5. The van der Waals surface area contributed by atoms with Crippen LogP contribution in [0.3, 0.4) is 0 Å². The Morgan fingerprint density at radius 2 is 1.75 bits per heavy atom. The quantitative estimate of drug-likeness (QED) is 0.805. The molecule has 1 aromatic rings.